The number of nitrogens with one attached hydrogen (secondary N) is 1. The summed E-state index contributed by atoms with van der Waals surface area (Å²) in [6.07, 6.45) is -0.471. The lowest BCUT2D eigenvalue weighted by Crippen LogP contribution is -2.09. The molecular formula is C9H11ClN4O2. The zero-order valence-corrected chi connectivity index (χ0v) is 9.87. The maximum Gasteiger partial charge on any atom is 0.303 e. The average molecular weight is 243 g/mol. The molecule has 0 aliphatic heterocycles. The molecule has 0 aliphatic rings. The lowest BCUT2D eigenvalue weighted by Gasteiger charge is -2.08. The number of hydrogen-bond donors (Lipinski definition) is 1. The second-order valence-electron chi connectivity index (χ2n) is 3.52. The number of halogens is 1. The van der Waals surface area contributed by atoms with Gasteiger partial charge < -0.3 is 4.74 Å². The van der Waals surface area contributed by atoms with Crippen molar-refractivity contribution in [1.29, 1.82) is 0 Å². The van der Waals surface area contributed by atoms with Gasteiger partial charge in [-0.2, -0.15) is 0 Å². The van der Waals surface area contributed by atoms with Crippen LogP contribution in [0.5, 0.6) is 0 Å². The van der Waals surface area contributed by atoms with Crippen molar-refractivity contribution in [3.63, 3.8) is 0 Å². The first-order valence-corrected chi connectivity index (χ1v) is 5.14. The van der Waals surface area contributed by atoms with E-state index in [4.69, 9.17) is 16.3 Å². The number of nitrogens with zero attached hydrogens (tertiary/aromatic N) is 3. The molecule has 7 heteroatoms. The minimum Gasteiger partial charge on any atom is -0.455 e. The molecule has 2 aromatic heterocycles. The summed E-state index contributed by atoms with van der Waals surface area (Å²) in [5.74, 6) is 0.152. The van der Waals surface area contributed by atoms with E-state index in [0.29, 0.717) is 16.5 Å². The zero-order valence-electron chi connectivity index (χ0n) is 9.11. The molecule has 1 atom stereocenters. The van der Waals surface area contributed by atoms with Crippen LogP contribution in [-0.2, 0) is 9.53 Å². The molecule has 0 bridgehead atoms. The summed E-state index contributed by atoms with van der Waals surface area (Å²) in [7, 11) is 0. The molecule has 1 unspecified atom stereocenters. The van der Waals surface area contributed by atoms with Crippen LogP contribution in [0.25, 0.3) is 5.65 Å². The van der Waals surface area contributed by atoms with E-state index in [0.717, 1.165) is 5.69 Å². The smallest absolute Gasteiger partial charge is 0.303 e. The number of rotatable bonds is 2. The van der Waals surface area contributed by atoms with Gasteiger partial charge in [0.2, 0.25) is 0 Å². The van der Waals surface area contributed by atoms with Crippen LogP contribution in [-0.4, -0.2) is 25.8 Å². The van der Waals surface area contributed by atoms with Crippen LogP contribution in [0.1, 0.15) is 31.5 Å². The predicted molar refractivity (Wildman–Crippen MR) is 57.3 cm³/mol. The first-order valence-electron chi connectivity index (χ1n) is 4.77. The number of H-pyrrole nitrogens is 1. The van der Waals surface area contributed by atoms with Gasteiger partial charge >= 0.3 is 5.97 Å². The molecule has 16 heavy (non-hydrogen) atoms. The Morgan fingerprint density at radius 1 is 1.56 bits per heavy atom. The van der Waals surface area contributed by atoms with Crippen molar-refractivity contribution in [3.8, 4) is 0 Å². The van der Waals surface area contributed by atoms with Gasteiger partial charge in [-0.3, -0.25) is 9.89 Å². The Kier molecular flexibility index (Phi) is 2.59. The van der Waals surface area contributed by atoms with E-state index < -0.39 is 6.10 Å². The number of aryl methyl sites for hydroxylation is 1. The molecular weight excluding hydrogens is 232 g/mol. The second-order valence-corrected chi connectivity index (χ2v) is 3.90. The zero-order chi connectivity index (χ0) is 11.9. The van der Waals surface area contributed by atoms with Crippen LogP contribution in [0.2, 0.25) is 5.02 Å². The summed E-state index contributed by atoms with van der Waals surface area (Å²) in [4.78, 5) is 10.8. The molecule has 0 fully saturated rings. The highest BCUT2D eigenvalue weighted by atomic mass is 35.5. The highest BCUT2D eigenvalue weighted by Crippen LogP contribution is 2.23. The van der Waals surface area contributed by atoms with Gasteiger partial charge in [-0.05, 0) is 13.8 Å². The van der Waals surface area contributed by atoms with Crippen LogP contribution in [0, 0.1) is 6.92 Å². The minimum absolute atomic E-state index is 0.362. The summed E-state index contributed by atoms with van der Waals surface area (Å²) in [6.45, 7) is 4.90. The molecule has 0 spiro atoms. The molecule has 0 saturated carbocycles. The van der Waals surface area contributed by atoms with E-state index in [1.807, 2.05) is 6.92 Å². The van der Waals surface area contributed by atoms with Gasteiger partial charge in [0.05, 0.1) is 5.69 Å². The van der Waals surface area contributed by atoms with Gasteiger partial charge in [-0.25, -0.2) is 4.52 Å². The molecule has 86 valence electrons. The van der Waals surface area contributed by atoms with E-state index in [9.17, 15) is 4.79 Å². The molecule has 0 aromatic carbocycles. The average Bonchev–Trinajstić information content (AvgIpc) is 2.68. The number of aromatic amines is 1. The maximum absolute atomic E-state index is 10.8. The van der Waals surface area contributed by atoms with Gasteiger partial charge in [0.15, 0.2) is 17.6 Å². The lowest BCUT2D eigenvalue weighted by molar-refractivity contribution is -0.146. The Morgan fingerprint density at radius 3 is 2.88 bits per heavy atom. The summed E-state index contributed by atoms with van der Waals surface area (Å²) < 4.78 is 6.64. The Morgan fingerprint density at radius 2 is 2.25 bits per heavy atom. The number of fused-ring (bicyclic) bond motifs is 1. The third-order valence-corrected chi connectivity index (χ3v) is 2.65. The quantitative estimate of drug-likeness (QED) is 0.813. The van der Waals surface area contributed by atoms with Gasteiger partial charge in [0.1, 0.15) is 5.02 Å². The molecule has 0 aliphatic carbocycles. The molecule has 0 amide bonds. The van der Waals surface area contributed by atoms with Gasteiger partial charge in [0.25, 0.3) is 0 Å². The first kappa shape index (κ1) is 10.9. The van der Waals surface area contributed by atoms with Crippen LogP contribution < -0.4 is 0 Å². The Bertz CT molecular complexity index is 545. The molecule has 2 aromatic rings. The highest BCUT2D eigenvalue weighted by molar-refractivity contribution is 6.34. The van der Waals surface area contributed by atoms with E-state index in [1.54, 1.807) is 11.4 Å². The van der Waals surface area contributed by atoms with Crippen molar-refractivity contribution in [2.45, 2.75) is 26.9 Å². The number of esters is 1. The molecule has 1 N–H and O–H groups in total. The van der Waals surface area contributed by atoms with Crippen LogP contribution in [0.15, 0.2) is 0 Å². The number of carbonyl (C=O) groups excluding carboxylic acids is 1. The Hall–Kier alpha value is -1.56. The molecule has 2 heterocycles. The normalized spacial score (nSPS) is 13.0. The minimum atomic E-state index is -0.471. The van der Waals surface area contributed by atoms with Crippen molar-refractivity contribution in [2.24, 2.45) is 0 Å². The number of ether oxygens (including phenoxy) is 1. The largest absolute Gasteiger partial charge is 0.455 e. The SMILES string of the molecule is CC(=O)OC(C)c1nnc2c(Cl)c(C)[nH]n12. The van der Waals surface area contributed by atoms with Crippen LogP contribution in [0.4, 0.5) is 0 Å². The van der Waals surface area contributed by atoms with Gasteiger partial charge in [-0.15, -0.1) is 10.2 Å². The number of carbonyl (C=O) groups is 1. The van der Waals surface area contributed by atoms with Gasteiger partial charge in [-0.1, -0.05) is 11.6 Å². The monoisotopic (exact) mass is 242 g/mol. The summed E-state index contributed by atoms with van der Waals surface area (Å²) in [5.41, 5.74) is 1.33. The fourth-order valence-electron chi connectivity index (χ4n) is 1.50. The predicted octanol–water partition coefficient (Wildman–Crippen LogP) is 1.64. The number of hydrogen-bond acceptors (Lipinski definition) is 4. The second kappa shape index (κ2) is 3.79. The molecule has 0 radical (unpaired) electrons. The topological polar surface area (TPSA) is 72.3 Å². The fraction of sp³-hybridized carbons (Fsp3) is 0.444. The summed E-state index contributed by atoms with van der Waals surface area (Å²) >= 11 is 6.00. The van der Waals surface area contributed by atoms with Crippen molar-refractivity contribution in [1.82, 2.24) is 19.8 Å². The standard InChI is InChI=1S/C9H11ClN4O2/c1-4-7(10)9-12-11-8(14(9)13-4)5(2)16-6(3)15/h5,13H,1-3H3. The molecule has 6 nitrogen and oxygen atoms in total. The van der Waals surface area contributed by atoms with Crippen molar-refractivity contribution in [2.75, 3.05) is 0 Å². The summed E-state index contributed by atoms with van der Waals surface area (Å²) in [6, 6.07) is 0. The third kappa shape index (κ3) is 1.65. The summed E-state index contributed by atoms with van der Waals surface area (Å²) in [5, 5.41) is 11.4. The highest BCUT2D eigenvalue weighted by Gasteiger charge is 2.19. The van der Waals surface area contributed by atoms with Crippen molar-refractivity contribution < 1.29 is 9.53 Å². The lowest BCUT2D eigenvalue weighted by atomic mass is 10.4. The number of aromatic nitrogens is 4. The van der Waals surface area contributed by atoms with Crippen LogP contribution >= 0.6 is 11.6 Å². The van der Waals surface area contributed by atoms with E-state index >= 15 is 0 Å². The van der Waals surface area contributed by atoms with E-state index in [-0.39, 0.29) is 5.97 Å². The van der Waals surface area contributed by atoms with Crippen LogP contribution in [0.3, 0.4) is 0 Å². The van der Waals surface area contributed by atoms with Gasteiger partial charge in [0, 0.05) is 6.92 Å². The fourth-order valence-corrected chi connectivity index (χ4v) is 1.66. The third-order valence-electron chi connectivity index (χ3n) is 2.20. The van der Waals surface area contributed by atoms with E-state index in [2.05, 4.69) is 15.3 Å². The maximum atomic E-state index is 10.8. The Balaban J connectivity index is 2.45. The Labute approximate surface area is 96.5 Å². The molecule has 0 saturated heterocycles. The van der Waals surface area contributed by atoms with Crippen molar-refractivity contribution in [3.05, 3.63) is 16.5 Å². The van der Waals surface area contributed by atoms with E-state index in [1.165, 1.54) is 6.92 Å². The first-order chi connectivity index (χ1) is 7.50. The van der Waals surface area contributed by atoms with Crippen molar-refractivity contribution >= 4 is 23.2 Å². The molecule has 2 rings (SSSR count).